The number of carbonyl (C=O) groups is 2. The Labute approximate surface area is 121 Å². The minimum atomic E-state index is -4.45. The lowest BCUT2D eigenvalue weighted by Crippen LogP contribution is -2.56. The Kier molecular flexibility index (Phi) is 4.75. The monoisotopic (exact) mass is 307 g/mol. The molecule has 2 N–H and O–H groups in total. The zero-order valence-electron chi connectivity index (χ0n) is 11.9. The van der Waals surface area contributed by atoms with Gasteiger partial charge in [-0.1, -0.05) is 0 Å². The zero-order valence-corrected chi connectivity index (χ0v) is 11.9. The van der Waals surface area contributed by atoms with Gasteiger partial charge in [0.2, 0.25) is 11.8 Å². The molecule has 3 atom stereocenters. The van der Waals surface area contributed by atoms with Gasteiger partial charge in [-0.05, 0) is 32.7 Å². The number of carbonyl (C=O) groups excluding carboxylic acids is 2. The van der Waals surface area contributed by atoms with Crippen molar-refractivity contribution in [3.63, 3.8) is 0 Å². The Morgan fingerprint density at radius 3 is 2.62 bits per heavy atom. The first-order chi connectivity index (χ1) is 9.82. The Hall–Kier alpha value is -1.31. The average molecular weight is 307 g/mol. The average Bonchev–Trinajstić information content (AvgIpc) is 2.45. The van der Waals surface area contributed by atoms with E-state index in [4.69, 9.17) is 0 Å². The molecule has 0 aromatic heterocycles. The lowest BCUT2D eigenvalue weighted by Gasteiger charge is -2.36. The highest BCUT2D eigenvalue weighted by atomic mass is 19.4. The molecule has 0 aromatic carbocycles. The molecule has 0 bridgehead atoms. The van der Waals surface area contributed by atoms with Gasteiger partial charge in [0.1, 0.15) is 12.0 Å². The van der Waals surface area contributed by atoms with Gasteiger partial charge in [0.05, 0.1) is 0 Å². The minimum absolute atomic E-state index is 0.0461. The van der Waals surface area contributed by atoms with Crippen LogP contribution >= 0.6 is 0 Å². The first-order valence-corrected chi connectivity index (χ1v) is 7.16. The number of amides is 2. The summed E-state index contributed by atoms with van der Waals surface area (Å²) < 4.78 is 37.7. The molecular formula is C13H20F3N3O2. The summed E-state index contributed by atoms with van der Waals surface area (Å²) in [6.45, 7) is 1.06. The zero-order chi connectivity index (χ0) is 15.6. The molecule has 2 amide bonds. The summed E-state index contributed by atoms with van der Waals surface area (Å²) in [5, 5.41) is 5.01. The maximum Gasteiger partial charge on any atom is 0.408 e. The molecule has 0 radical (unpaired) electrons. The van der Waals surface area contributed by atoms with Crippen LogP contribution in [-0.4, -0.2) is 55.1 Å². The van der Waals surface area contributed by atoms with Gasteiger partial charge in [-0.25, -0.2) is 0 Å². The maximum atomic E-state index is 12.6. The molecule has 0 aromatic rings. The highest BCUT2D eigenvalue weighted by Gasteiger charge is 2.46. The molecule has 2 rings (SSSR count). The number of likely N-dealkylation sites (tertiary alicyclic amines) is 1. The molecule has 5 nitrogen and oxygen atoms in total. The van der Waals surface area contributed by atoms with E-state index in [1.807, 2.05) is 5.32 Å². The first-order valence-electron chi connectivity index (χ1n) is 7.16. The van der Waals surface area contributed by atoms with Crippen LogP contribution in [0.1, 0.15) is 25.7 Å². The quantitative estimate of drug-likeness (QED) is 0.737. The molecule has 2 saturated heterocycles. The summed E-state index contributed by atoms with van der Waals surface area (Å²) in [6, 6.07) is -1.65. The van der Waals surface area contributed by atoms with Gasteiger partial charge in [0.15, 0.2) is 0 Å². The van der Waals surface area contributed by atoms with Crippen molar-refractivity contribution in [1.82, 2.24) is 15.5 Å². The van der Waals surface area contributed by atoms with Crippen LogP contribution < -0.4 is 10.6 Å². The molecule has 0 saturated carbocycles. The fraction of sp³-hybridized carbons (Fsp3) is 0.846. The van der Waals surface area contributed by atoms with Crippen LogP contribution in [0.15, 0.2) is 0 Å². The van der Waals surface area contributed by atoms with Gasteiger partial charge in [0, 0.05) is 19.1 Å². The molecule has 0 unspecified atom stereocenters. The topological polar surface area (TPSA) is 61.4 Å². The Bertz CT molecular complexity index is 414. The van der Waals surface area contributed by atoms with Crippen molar-refractivity contribution >= 4 is 11.8 Å². The third-order valence-corrected chi connectivity index (χ3v) is 4.21. The summed E-state index contributed by atoms with van der Waals surface area (Å²) >= 11 is 0. The highest BCUT2D eigenvalue weighted by molar-refractivity contribution is 6.01. The standard InChI is InChI=1S/C13H20F3N3O2/c1-17-8-3-2-6-19(7-8)12(21)9-4-5-10(13(14,15)16)18-11(9)20/h8-10,17H,2-7H2,1H3,(H,18,20)/t8-,9+,10-/m1/s1. The van der Waals surface area contributed by atoms with E-state index < -0.39 is 24.0 Å². The molecule has 2 aliphatic heterocycles. The Morgan fingerprint density at radius 2 is 2.05 bits per heavy atom. The summed E-state index contributed by atoms with van der Waals surface area (Å²) in [6.07, 6.45) is -2.96. The molecule has 120 valence electrons. The van der Waals surface area contributed by atoms with Crippen molar-refractivity contribution in [2.75, 3.05) is 20.1 Å². The van der Waals surface area contributed by atoms with Crippen LogP contribution in [0.5, 0.6) is 0 Å². The minimum Gasteiger partial charge on any atom is -0.344 e. The van der Waals surface area contributed by atoms with Gasteiger partial charge in [-0.2, -0.15) is 13.2 Å². The van der Waals surface area contributed by atoms with E-state index >= 15 is 0 Å². The Balaban J connectivity index is 1.96. The van der Waals surface area contributed by atoms with E-state index in [0.717, 1.165) is 12.8 Å². The Morgan fingerprint density at radius 1 is 1.33 bits per heavy atom. The molecule has 2 aliphatic rings. The third-order valence-electron chi connectivity index (χ3n) is 4.21. The number of alkyl halides is 3. The number of hydrogen-bond donors (Lipinski definition) is 2. The van der Waals surface area contributed by atoms with E-state index in [0.29, 0.717) is 13.1 Å². The molecular weight excluding hydrogens is 287 g/mol. The number of halogens is 3. The van der Waals surface area contributed by atoms with Crippen LogP contribution in [0.3, 0.4) is 0 Å². The van der Waals surface area contributed by atoms with Gasteiger partial charge in [-0.15, -0.1) is 0 Å². The number of nitrogens with one attached hydrogen (secondary N) is 2. The van der Waals surface area contributed by atoms with Crippen molar-refractivity contribution in [3.05, 3.63) is 0 Å². The molecule has 0 spiro atoms. The molecule has 8 heteroatoms. The van der Waals surface area contributed by atoms with Gasteiger partial charge in [-0.3, -0.25) is 9.59 Å². The lowest BCUT2D eigenvalue weighted by atomic mass is 9.91. The van der Waals surface area contributed by atoms with Crippen molar-refractivity contribution in [2.24, 2.45) is 5.92 Å². The fourth-order valence-corrected chi connectivity index (χ4v) is 2.92. The van der Waals surface area contributed by atoms with E-state index in [1.54, 1.807) is 11.9 Å². The second kappa shape index (κ2) is 6.21. The van der Waals surface area contributed by atoms with Crippen LogP contribution in [0.25, 0.3) is 0 Å². The fourth-order valence-electron chi connectivity index (χ4n) is 2.92. The first kappa shape index (κ1) is 16.1. The highest BCUT2D eigenvalue weighted by Crippen LogP contribution is 2.29. The largest absolute Gasteiger partial charge is 0.408 e. The maximum absolute atomic E-state index is 12.6. The number of likely N-dealkylation sites (N-methyl/N-ethyl adjacent to an activating group) is 1. The molecule has 2 fully saturated rings. The van der Waals surface area contributed by atoms with Crippen molar-refractivity contribution in [3.8, 4) is 0 Å². The lowest BCUT2D eigenvalue weighted by molar-refractivity contribution is -0.172. The second-order valence-corrected chi connectivity index (χ2v) is 5.64. The van der Waals surface area contributed by atoms with Gasteiger partial charge >= 0.3 is 6.18 Å². The third kappa shape index (κ3) is 3.66. The van der Waals surface area contributed by atoms with Crippen molar-refractivity contribution in [2.45, 2.75) is 43.9 Å². The summed E-state index contributed by atoms with van der Waals surface area (Å²) in [4.78, 5) is 25.7. The van der Waals surface area contributed by atoms with Gasteiger partial charge in [0.25, 0.3) is 0 Å². The van der Waals surface area contributed by atoms with Gasteiger partial charge < -0.3 is 15.5 Å². The number of piperidine rings is 2. The van der Waals surface area contributed by atoms with E-state index in [-0.39, 0.29) is 24.8 Å². The summed E-state index contributed by atoms with van der Waals surface area (Å²) in [7, 11) is 1.81. The normalized spacial score (nSPS) is 31.0. The SMILES string of the molecule is CN[C@@H]1CCCN(C(=O)[C@H]2CC[C@H](C(F)(F)F)NC2=O)C1. The summed E-state index contributed by atoms with van der Waals surface area (Å²) in [5.41, 5.74) is 0. The van der Waals surface area contributed by atoms with Crippen LogP contribution in [0, 0.1) is 5.92 Å². The van der Waals surface area contributed by atoms with Crippen molar-refractivity contribution < 1.29 is 22.8 Å². The molecule has 2 heterocycles. The number of rotatable bonds is 2. The predicted octanol–water partition coefficient (Wildman–Crippen LogP) is 0.654. The van der Waals surface area contributed by atoms with Crippen LogP contribution in [-0.2, 0) is 9.59 Å². The number of hydrogen-bond acceptors (Lipinski definition) is 3. The van der Waals surface area contributed by atoms with Crippen molar-refractivity contribution in [1.29, 1.82) is 0 Å². The number of nitrogens with zero attached hydrogens (tertiary/aromatic N) is 1. The molecule has 21 heavy (non-hydrogen) atoms. The summed E-state index contributed by atoms with van der Waals surface area (Å²) in [5.74, 6) is -2.15. The predicted molar refractivity (Wildman–Crippen MR) is 69.4 cm³/mol. The molecule has 0 aliphatic carbocycles. The van der Waals surface area contributed by atoms with Crippen LogP contribution in [0.2, 0.25) is 0 Å². The van der Waals surface area contributed by atoms with E-state index in [2.05, 4.69) is 5.32 Å². The second-order valence-electron chi connectivity index (χ2n) is 5.64. The van der Waals surface area contributed by atoms with E-state index in [9.17, 15) is 22.8 Å². The van der Waals surface area contributed by atoms with Crippen LogP contribution in [0.4, 0.5) is 13.2 Å². The smallest absolute Gasteiger partial charge is 0.344 e. The van der Waals surface area contributed by atoms with E-state index in [1.165, 1.54) is 0 Å².